The van der Waals surface area contributed by atoms with Gasteiger partial charge in [0.25, 0.3) is 21.6 Å². The number of hydrogen-bond acceptors (Lipinski definition) is 13. The number of nitrogens with one attached hydrogen (secondary N) is 3. The molecule has 0 unspecified atom stereocenters. The minimum absolute atomic E-state index is 0.0796. The van der Waals surface area contributed by atoms with Crippen LogP contribution in [0.4, 0.5) is 17.1 Å². The Morgan fingerprint density at radius 3 is 2.42 bits per heavy atom. The zero-order chi connectivity index (χ0) is 47.4. The van der Waals surface area contributed by atoms with Crippen molar-refractivity contribution in [2.45, 2.75) is 57.6 Å². The van der Waals surface area contributed by atoms with Crippen LogP contribution in [0.2, 0.25) is 10.0 Å². The first-order valence-corrected chi connectivity index (χ1v) is 25.1. The van der Waals surface area contributed by atoms with Crippen LogP contribution in [-0.4, -0.2) is 91.0 Å². The summed E-state index contributed by atoms with van der Waals surface area (Å²) in [4.78, 5) is 48.0. The van der Waals surface area contributed by atoms with Gasteiger partial charge >= 0.3 is 7.82 Å². The average molecular weight is 989 g/mol. The van der Waals surface area contributed by atoms with E-state index in [9.17, 15) is 37.7 Å². The highest BCUT2D eigenvalue weighted by atomic mass is 35.5. The number of allylic oxidation sites excluding steroid dienone is 1. The van der Waals surface area contributed by atoms with E-state index in [-0.39, 0.29) is 44.6 Å². The fourth-order valence-corrected chi connectivity index (χ4v) is 9.91. The summed E-state index contributed by atoms with van der Waals surface area (Å²) >= 11 is 12.6. The number of nitrogens with zero attached hydrogens (tertiary/aromatic N) is 4. The highest BCUT2D eigenvalue weighted by Gasteiger charge is 2.31. The van der Waals surface area contributed by atoms with Crippen LogP contribution in [0.3, 0.4) is 0 Å². The van der Waals surface area contributed by atoms with E-state index in [2.05, 4.69) is 45.6 Å². The molecule has 2 saturated heterocycles. The third-order valence-electron chi connectivity index (χ3n) is 12.0. The maximum absolute atomic E-state index is 14.0. The van der Waals surface area contributed by atoms with E-state index in [0.717, 1.165) is 49.3 Å². The highest BCUT2D eigenvalue weighted by molar-refractivity contribution is 7.90. The van der Waals surface area contributed by atoms with Gasteiger partial charge in [-0.1, -0.05) is 54.8 Å². The minimum Gasteiger partial charge on any atom is -0.455 e. The number of nitro benzene ring substituents is 1. The molecule has 5 N–H and O–H groups in total. The molecule has 3 heterocycles. The molecule has 22 heteroatoms. The molecule has 0 atom stereocenters. The van der Waals surface area contributed by atoms with Crippen molar-refractivity contribution in [2.24, 2.45) is 11.3 Å². The normalized spacial score (nSPS) is 17.4. The van der Waals surface area contributed by atoms with E-state index in [4.69, 9.17) is 38.1 Å². The summed E-state index contributed by atoms with van der Waals surface area (Å²) in [6.45, 7) is 8.86. The molecular formula is C44H52Cl2N7O11PS. The van der Waals surface area contributed by atoms with Crippen molar-refractivity contribution in [2.75, 3.05) is 62.7 Å². The van der Waals surface area contributed by atoms with Gasteiger partial charge < -0.3 is 34.0 Å². The largest absolute Gasteiger partial charge is 0.471 e. The van der Waals surface area contributed by atoms with Gasteiger partial charge in [-0.3, -0.25) is 29.7 Å². The van der Waals surface area contributed by atoms with Crippen LogP contribution in [0, 0.1) is 26.9 Å². The van der Waals surface area contributed by atoms with Gasteiger partial charge in [-0.05, 0) is 91.0 Å². The molecule has 4 aromatic rings. The number of aromatic nitrogens is 1. The number of anilines is 2. The molecule has 3 aliphatic rings. The number of sulfonamides is 1. The Labute approximate surface area is 392 Å². The van der Waals surface area contributed by atoms with E-state index >= 15 is 0 Å². The summed E-state index contributed by atoms with van der Waals surface area (Å²) in [7, 11) is -9.65. The van der Waals surface area contributed by atoms with E-state index in [1.54, 1.807) is 12.1 Å². The molecule has 354 valence electrons. The Bertz CT molecular complexity index is 2720. The second-order valence-corrected chi connectivity index (χ2v) is 21.1. The second-order valence-electron chi connectivity index (χ2n) is 17.4. The van der Waals surface area contributed by atoms with Gasteiger partial charge in [-0.15, -0.1) is 0 Å². The summed E-state index contributed by atoms with van der Waals surface area (Å²) in [6, 6.07) is 17.2. The third kappa shape index (κ3) is 12.6. The molecule has 0 spiro atoms. The number of piperazine rings is 1. The molecule has 2 fully saturated rings. The lowest BCUT2D eigenvalue weighted by Gasteiger charge is -2.39. The van der Waals surface area contributed by atoms with Gasteiger partial charge in [-0.25, -0.2) is 17.7 Å². The summed E-state index contributed by atoms with van der Waals surface area (Å²) in [5.74, 6) is -1.10. The molecule has 66 heavy (non-hydrogen) atoms. The first-order chi connectivity index (χ1) is 31.2. The van der Waals surface area contributed by atoms with E-state index in [1.807, 2.05) is 16.9 Å². The zero-order valence-electron chi connectivity index (χ0n) is 36.4. The standard InChI is InChI=1S/C44H52Cl2N7O11PS/c1-44(2)14-11-31(37(24-44)30-3-5-32(45)6-4-30)26-50-15-17-51(18-16-50)33-7-9-36(41(21-33)64-34-22-38(46)42(47)52(27-34)28-63-65(57,58)59)43(54)49-66(60,61)35-8-10-39(40(23-35)53(55)56)48-25-29-12-19-62-20-13-29/h3-10,21-23,27,29,47-48H,11-20,24-26,28H2,1-2H3,(H,49,54)(H2,57,58,59). The summed E-state index contributed by atoms with van der Waals surface area (Å²) < 4.78 is 58.0. The quantitative estimate of drug-likeness (QED) is 0.0409. The van der Waals surface area contributed by atoms with E-state index in [1.165, 1.54) is 47.2 Å². The van der Waals surface area contributed by atoms with Crippen LogP contribution in [0.5, 0.6) is 11.5 Å². The second kappa shape index (κ2) is 20.6. The first kappa shape index (κ1) is 49.1. The number of pyridine rings is 1. The van der Waals surface area contributed by atoms with Crippen LogP contribution in [0.15, 0.2) is 83.4 Å². The van der Waals surface area contributed by atoms with Crippen molar-refractivity contribution in [3.63, 3.8) is 0 Å². The van der Waals surface area contributed by atoms with Crippen LogP contribution in [0.1, 0.15) is 61.9 Å². The SMILES string of the molecule is CC1(C)CCC(CN2CCN(c3ccc(C(=O)NS(=O)(=O)c4ccc(NCC5CCOCC5)c([N+](=O)[O-])c4)c(Oc4cc(Cl)c(=N)n(COP(=O)(O)O)c4)c3)CC2)=C(c2ccc(Cl)cc2)C1. The molecule has 18 nitrogen and oxygen atoms in total. The number of carbonyl (C=O) groups is 1. The van der Waals surface area contributed by atoms with E-state index < -0.39 is 46.0 Å². The Morgan fingerprint density at radius 2 is 1.74 bits per heavy atom. The van der Waals surface area contributed by atoms with Crippen LogP contribution >= 0.6 is 31.0 Å². The maximum Gasteiger partial charge on any atom is 0.471 e. The summed E-state index contributed by atoms with van der Waals surface area (Å²) in [5, 5.41) is 23.9. The molecule has 1 amide bonds. The lowest BCUT2D eigenvalue weighted by molar-refractivity contribution is -0.384. The zero-order valence-corrected chi connectivity index (χ0v) is 39.6. The molecule has 0 radical (unpaired) electrons. The summed E-state index contributed by atoms with van der Waals surface area (Å²) in [5.41, 5.74) is 3.78. The predicted molar refractivity (Wildman–Crippen MR) is 249 cm³/mol. The van der Waals surface area contributed by atoms with Crippen LogP contribution in [0.25, 0.3) is 5.57 Å². The number of rotatable bonds is 16. The minimum atomic E-state index is -4.96. The first-order valence-electron chi connectivity index (χ1n) is 21.3. The number of phosphoric ester groups is 1. The Kier molecular flexibility index (Phi) is 15.3. The van der Waals surface area contributed by atoms with Gasteiger partial charge in [0.05, 0.1) is 26.6 Å². The van der Waals surface area contributed by atoms with Crippen LogP contribution < -0.4 is 25.2 Å². The molecule has 7 rings (SSSR count). The van der Waals surface area contributed by atoms with Crippen molar-refractivity contribution < 1.29 is 46.5 Å². The maximum atomic E-state index is 14.0. The van der Waals surface area contributed by atoms with Gasteiger partial charge in [-0.2, -0.15) is 0 Å². The smallest absolute Gasteiger partial charge is 0.455 e. The fourth-order valence-electron chi connectivity index (χ4n) is 8.31. The number of amides is 1. The van der Waals surface area contributed by atoms with Crippen molar-refractivity contribution in [1.29, 1.82) is 5.41 Å². The van der Waals surface area contributed by atoms with Crippen molar-refractivity contribution in [3.05, 3.63) is 115 Å². The number of ether oxygens (including phenoxy) is 2. The molecule has 1 aromatic heterocycles. The van der Waals surface area contributed by atoms with Crippen molar-refractivity contribution in [1.82, 2.24) is 14.2 Å². The molecule has 2 aliphatic heterocycles. The Balaban J connectivity index is 1.13. The van der Waals surface area contributed by atoms with Crippen molar-refractivity contribution >= 4 is 69.6 Å². The summed E-state index contributed by atoms with van der Waals surface area (Å²) in [6.07, 6.45) is 5.77. The molecular weight excluding hydrogens is 936 g/mol. The third-order valence-corrected chi connectivity index (χ3v) is 14.3. The number of carbonyl (C=O) groups excluding carboxylic acids is 1. The molecule has 1 aliphatic carbocycles. The topological polar surface area (TPSA) is 239 Å². The number of nitro groups is 1. The average Bonchev–Trinajstić information content (AvgIpc) is 3.27. The Morgan fingerprint density at radius 1 is 1.03 bits per heavy atom. The van der Waals surface area contributed by atoms with Gasteiger partial charge in [0.1, 0.15) is 29.4 Å². The predicted octanol–water partition coefficient (Wildman–Crippen LogP) is 7.78. The number of hydrogen-bond donors (Lipinski definition) is 5. The molecule has 0 bridgehead atoms. The lowest BCUT2D eigenvalue weighted by Crippen LogP contribution is -2.47. The monoisotopic (exact) mass is 987 g/mol. The van der Waals surface area contributed by atoms with Gasteiger partial charge in [0, 0.05) is 81.4 Å². The number of halogens is 2. The molecule has 0 saturated carbocycles. The van der Waals surface area contributed by atoms with Crippen molar-refractivity contribution in [3.8, 4) is 11.5 Å². The lowest BCUT2D eigenvalue weighted by atomic mass is 9.72. The fraction of sp³-hybridized carbons (Fsp3) is 0.409. The van der Waals surface area contributed by atoms with Gasteiger partial charge in [0.15, 0.2) is 0 Å². The van der Waals surface area contributed by atoms with Gasteiger partial charge in [0.2, 0.25) is 0 Å². The highest BCUT2D eigenvalue weighted by Crippen LogP contribution is 2.44. The number of phosphoric acid groups is 1. The van der Waals surface area contributed by atoms with Crippen LogP contribution in [-0.2, 0) is 30.6 Å². The Hall–Kier alpha value is -4.82. The van der Waals surface area contributed by atoms with E-state index in [0.29, 0.717) is 56.6 Å². The number of benzene rings is 3. The molecule has 3 aromatic carbocycles.